The molecule has 0 saturated carbocycles. The Balaban J connectivity index is 1.51. The van der Waals surface area contributed by atoms with E-state index in [0.717, 1.165) is 45.2 Å². The summed E-state index contributed by atoms with van der Waals surface area (Å²) < 4.78 is 7.55. The molecule has 4 rings (SSSR count). The van der Waals surface area contributed by atoms with Gasteiger partial charge in [-0.15, -0.1) is 0 Å². The lowest BCUT2D eigenvalue weighted by Crippen LogP contribution is -2.46. The van der Waals surface area contributed by atoms with Crippen LogP contribution in [0.25, 0.3) is 11.8 Å². The Hall–Kier alpha value is -2.98. The third-order valence-corrected chi connectivity index (χ3v) is 7.31. The average Bonchev–Trinajstić information content (AvgIpc) is 3.25. The molecule has 0 radical (unpaired) electrons. The fraction of sp³-hybridized carbons (Fsp3) is 0.125. The third-order valence-electron chi connectivity index (χ3n) is 5.27. The zero-order chi connectivity index (χ0) is 25.3. The molecule has 35 heavy (non-hydrogen) atoms. The van der Waals surface area contributed by atoms with Crippen molar-refractivity contribution in [2.24, 2.45) is 0 Å². The zero-order valence-electron chi connectivity index (χ0n) is 18.9. The third kappa shape index (κ3) is 5.33. The normalized spacial score (nSPS) is 14.5. The molecule has 0 bridgehead atoms. The van der Waals surface area contributed by atoms with Crippen molar-refractivity contribution in [3.63, 3.8) is 0 Å². The lowest BCUT2D eigenvalue weighted by molar-refractivity contribution is -0.123. The Labute approximate surface area is 222 Å². The fourth-order valence-corrected chi connectivity index (χ4v) is 5.07. The number of carbonyl (C=O) groups is 2. The number of amides is 3. The summed E-state index contributed by atoms with van der Waals surface area (Å²) in [6, 6.07) is 13.8. The molecule has 11 heteroatoms. The van der Waals surface area contributed by atoms with Crippen LogP contribution < -0.4 is 15.5 Å². The average molecular weight is 547 g/mol. The number of hydrogen-bond acceptors (Lipinski definition) is 5. The van der Waals surface area contributed by atoms with E-state index in [1.165, 1.54) is 6.07 Å². The Morgan fingerprint density at radius 2 is 1.80 bits per heavy atom. The molecule has 0 aliphatic carbocycles. The first-order chi connectivity index (χ1) is 16.7. The number of carbonyl (C=O) groups excluding carboxylic acids is 2. The Morgan fingerprint density at radius 3 is 2.46 bits per heavy atom. The minimum Gasteiger partial charge on any atom is -0.497 e. The van der Waals surface area contributed by atoms with E-state index in [9.17, 15) is 9.59 Å². The summed E-state index contributed by atoms with van der Waals surface area (Å²) in [5, 5.41) is 4.31. The first kappa shape index (κ1) is 25.1. The highest BCUT2D eigenvalue weighted by Crippen LogP contribution is 2.33. The molecule has 1 aliphatic rings. The van der Waals surface area contributed by atoms with E-state index >= 15 is 0 Å². The molecule has 180 valence electrons. The fourth-order valence-electron chi connectivity index (χ4n) is 3.60. The number of nitrogens with zero attached hydrogens (tertiary/aromatic N) is 2. The van der Waals surface area contributed by atoms with E-state index in [-0.39, 0.29) is 4.32 Å². The van der Waals surface area contributed by atoms with Crippen LogP contribution in [-0.2, 0) is 4.79 Å². The molecule has 3 amide bonds. The molecule has 2 aromatic carbocycles. The van der Waals surface area contributed by atoms with Gasteiger partial charge in [0, 0.05) is 22.8 Å². The molecule has 1 saturated heterocycles. The van der Waals surface area contributed by atoms with Gasteiger partial charge in [0.25, 0.3) is 5.91 Å². The molecular formula is C24H20Cl2N4O3S2. The second-order valence-electron chi connectivity index (χ2n) is 7.57. The summed E-state index contributed by atoms with van der Waals surface area (Å²) in [4.78, 5) is 25.8. The molecule has 3 aromatic rings. The van der Waals surface area contributed by atoms with Gasteiger partial charge < -0.3 is 14.6 Å². The van der Waals surface area contributed by atoms with Gasteiger partial charge in [-0.2, -0.15) is 5.01 Å². The molecule has 1 fully saturated rings. The van der Waals surface area contributed by atoms with Crippen molar-refractivity contribution >= 4 is 75.2 Å². The quantitative estimate of drug-likeness (QED) is 0.288. The van der Waals surface area contributed by atoms with Crippen LogP contribution in [0.15, 0.2) is 53.4 Å². The standard InChI is InChI=1S/C24H20Cl2N4O3S2/c1-13-10-15(14(2)29(13)17-5-7-18(33-3)8-6-17)11-21-22(31)30(24(34)35-21)28-23(32)27-16-4-9-19(25)20(26)12-16/h4-12H,1-3H3,(H2,27,28,32)/b21-11-. The van der Waals surface area contributed by atoms with Crippen molar-refractivity contribution in [3.8, 4) is 11.4 Å². The Bertz CT molecular complexity index is 1370. The zero-order valence-corrected chi connectivity index (χ0v) is 22.0. The summed E-state index contributed by atoms with van der Waals surface area (Å²) >= 11 is 18.3. The number of aryl methyl sites for hydroxylation is 1. The number of methoxy groups -OCH3 is 1. The van der Waals surface area contributed by atoms with Crippen molar-refractivity contribution in [2.45, 2.75) is 13.8 Å². The first-order valence-electron chi connectivity index (χ1n) is 10.3. The van der Waals surface area contributed by atoms with Gasteiger partial charge in [0.2, 0.25) is 0 Å². The molecule has 0 unspecified atom stereocenters. The maximum absolute atomic E-state index is 13.0. The summed E-state index contributed by atoms with van der Waals surface area (Å²) in [5.74, 6) is 0.356. The highest BCUT2D eigenvalue weighted by atomic mass is 35.5. The minimum atomic E-state index is -0.640. The highest BCUT2D eigenvalue weighted by Gasteiger charge is 2.34. The van der Waals surface area contributed by atoms with Crippen LogP contribution in [-0.4, -0.2) is 32.9 Å². The van der Waals surface area contributed by atoms with Crippen LogP contribution in [0.1, 0.15) is 17.0 Å². The van der Waals surface area contributed by atoms with E-state index in [0.29, 0.717) is 20.6 Å². The second-order valence-corrected chi connectivity index (χ2v) is 10.1. The molecule has 0 spiro atoms. The summed E-state index contributed by atoms with van der Waals surface area (Å²) in [5.41, 5.74) is 6.73. The number of thiocarbonyl (C=S) groups is 1. The predicted molar refractivity (Wildman–Crippen MR) is 145 cm³/mol. The van der Waals surface area contributed by atoms with Crippen LogP contribution >= 0.6 is 47.2 Å². The van der Waals surface area contributed by atoms with Crippen molar-refractivity contribution in [1.82, 2.24) is 15.0 Å². The number of urea groups is 1. The second kappa shape index (κ2) is 10.3. The van der Waals surface area contributed by atoms with Crippen molar-refractivity contribution in [2.75, 3.05) is 12.4 Å². The van der Waals surface area contributed by atoms with Gasteiger partial charge in [0.15, 0.2) is 4.32 Å². The van der Waals surface area contributed by atoms with Crippen molar-refractivity contribution in [1.29, 1.82) is 0 Å². The van der Waals surface area contributed by atoms with Gasteiger partial charge in [0.1, 0.15) is 5.75 Å². The summed E-state index contributed by atoms with van der Waals surface area (Å²) in [6.07, 6.45) is 1.78. The SMILES string of the molecule is COc1ccc(-n2c(C)cc(/C=C3\SC(=S)N(NC(=O)Nc4ccc(Cl)c(Cl)c4)C3=O)c2C)cc1. The maximum Gasteiger partial charge on any atom is 0.338 e. The van der Waals surface area contributed by atoms with Crippen LogP contribution in [0.2, 0.25) is 10.0 Å². The van der Waals surface area contributed by atoms with Crippen molar-refractivity contribution in [3.05, 3.63) is 80.4 Å². The number of ether oxygens (including phenoxy) is 1. The maximum atomic E-state index is 13.0. The van der Waals surface area contributed by atoms with Crippen molar-refractivity contribution < 1.29 is 14.3 Å². The van der Waals surface area contributed by atoms with Gasteiger partial charge >= 0.3 is 6.03 Å². The van der Waals surface area contributed by atoms with E-state index in [2.05, 4.69) is 15.3 Å². The lowest BCUT2D eigenvalue weighted by atomic mass is 10.2. The minimum absolute atomic E-state index is 0.217. The molecular weight excluding hydrogens is 527 g/mol. The molecule has 1 aliphatic heterocycles. The molecule has 0 atom stereocenters. The van der Waals surface area contributed by atoms with Gasteiger partial charge in [-0.3, -0.25) is 4.79 Å². The van der Waals surface area contributed by atoms with Gasteiger partial charge in [-0.25, -0.2) is 10.2 Å². The van der Waals surface area contributed by atoms with E-state index in [1.807, 2.05) is 44.2 Å². The van der Waals surface area contributed by atoms with Gasteiger partial charge in [-0.1, -0.05) is 35.0 Å². The number of benzene rings is 2. The highest BCUT2D eigenvalue weighted by molar-refractivity contribution is 8.26. The van der Waals surface area contributed by atoms with Crippen LogP contribution in [0.5, 0.6) is 5.75 Å². The number of thioether (sulfide) groups is 1. The number of halogens is 2. The smallest absolute Gasteiger partial charge is 0.338 e. The Kier molecular flexibility index (Phi) is 7.42. The molecule has 2 N–H and O–H groups in total. The van der Waals surface area contributed by atoms with E-state index < -0.39 is 11.9 Å². The monoisotopic (exact) mass is 546 g/mol. The number of aromatic nitrogens is 1. The van der Waals surface area contributed by atoms with Crippen LogP contribution in [0.3, 0.4) is 0 Å². The van der Waals surface area contributed by atoms with Crippen LogP contribution in [0, 0.1) is 13.8 Å². The van der Waals surface area contributed by atoms with Crippen LogP contribution in [0.4, 0.5) is 10.5 Å². The topological polar surface area (TPSA) is 75.6 Å². The lowest BCUT2D eigenvalue weighted by Gasteiger charge is -2.16. The van der Waals surface area contributed by atoms with Gasteiger partial charge in [0.05, 0.1) is 22.1 Å². The predicted octanol–water partition coefficient (Wildman–Crippen LogP) is 6.35. The summed E-state index contributed by atoms with van der Waals surface area (Å²) in [7, 11) is 1.63. The first-order valence-corrected chi connectivity index (χ1v) is 12.3. The molecule has 7 nitrogen and oxygen atoms in total. The van der Waals surface area contributed by atoms with E-state index in [1.54, 1.807) is 25.3 Å². The Morgan fingerprint density at radius 1 is 1.09 bits per heavy atom. The largest absolute Gasteiger partial charge is 0.497 e. The number of anilines is 1. The van der Waals surface area contributed by atoms with E-state index in [4.69, 9.17) is 40.2 Å². The number of hydrazine groups is 1. The molecule has 1 aromatic heterocycles. The number of hydrogen-bond donors (Lipinski definition) is 2. The number of rotatable bonds is 5. The van der Waals surface area contributed by atoms with Gasteiger partial charge in [-0.05, 0) is 86.2 Å². The molecule has 2 heterocycles. The summed E-state index contributed by atoms with van der Waals surface area (Å²) in [6.45, 7) is 3.97. The number of nitrogens with one attached hydrogen (secondary N) is 2.